The molecule has 0 saturated heterocycles. The maximum atomic E-state index is 14.0. The van der Waals surface area contributed by atoms with Crippen LogP contribution in [0.3, 0.4) is 0 Å². The average Bonchev–Trinajstić information content (AvgIpc) is 2.81. The second-order valence-electron chi connectivity index (χ2n) is 7.33. The van der Waals surface area contributed by atoms with Gasteiger partial charge in [-0.15, -0.1) is 0 Å². The summed E-state index contributed by atoms with van der Waals surface area (Å²) < 4.78 is 28.4. The van der Waals surface area contributed by atoms with Crippen LogP contribution in [0, 0.1) is 12.8 Å². The van der Waals surface area contributed by atoms with Crippen LogP contribution in [0.1, 0.15) is 17.5 Å². The minimum Gasteiger partial charge on any atom is -0.469 e. The summed E-state index contributed by atoms with van der Waals surface area (Å²) in [6.07, 6.45) is 2.65. The van der Waals surface area contributed by atoms with Crippen LogP contribution in [0.5, 0.6) is 0 Å². The van der Waals surface area contributed by atoms with E-state index in [1.807, 2.05) is 49.4 Å². The van der Waals surface area contributed by atoms with Gasteiger partial charge < -0.3 is 14.2 Å². The topological polar surface area (TPSA) is 78.9 Å². The number of hydrogen-bond acceptors (Lipinski definition) is 6. The van der Waals surface area contributed by atoms with Gasteiger partial charge in [-0.1, -0.05) is 60.2 Å². The number of allylic oxidation sites excluding steroid dienone is 1. The molecule has 1 aliphatic carbocycles. The molecule has 164 valence electrons. The van der Waals surface area contributed by atoms with Gasteiger partial charge in [0.2, 0.25) is 0 Å². The van der Waals surface area contributed by atoms with Crippen molar-refractivity contribution >= 4 is 22.7 Å². The molecule has 0 amide bonds. The lowest BCUT2D eigenvalue weighted by molar-refractivity contribution is -0.162. The molecular weight excluding hydrogens is 416 g/mol. The molecule has 2 aromatic rings. The number of esters is 2. The number of carbonyl (C=O) groups is 2. The molecule has 0 unspecified atom stereocenters. The van der Waals surface area contributed by atoms with E-state index in [9.17, 15) is 13.8 Å². The van der Waals surface area contributed by atoms with Crippen molar-refractivity contribution in [2.45, 2.75) is 35.7 Å². The van der Waals surface area contributed by atoms with Crippen molar-refractivity contribution in [1.29, 1.82) is 0 Å². The maximum Gasteiger partial charge on any atom is 0.329 e. The Bertz CT molecular complexity index is 969. The van der Waals surface area contributed by atoms with E-state index in [4.69, 9.17) is 14.2 Å². The third-order valence-corrected chi connectivity index (χ3v) is 7.43. The molecular formula is C24H26O6S. The van der Waals surface area contributed by atoms with E-state index in [-0.39, 0.29) is 13.0 Å². The van der Waals surface area contributed by atoms with Crippen LogP contribution in [0.25, 0.3) is 0 Å². The molecule has 3 rings (SSSR count). The Balaban J connectivity index is 2.09. The summed E-state index contributed by atoms with van der Waals surface area (Å²) in [4.78, 5) is 26.8. The number of ether oxygens (including phenoxy) is 3. The quantitative estimate of drug-likeness (QED) is 0.483. The van der Waals surface area contributed by atoms with Crippen molar-refractivity contribution in [2.75, 3.05) is 14.2 Å². The monoisotopic (exact) mass is 442 g/mol. The molecule has 2 aromatic carbocycles. The predicted octanol–water partition coefficient (Wildman–Crippen LogP) is 3.35. The fourth-order valence-corrected chi connectivity index (χ4v) is 5.60. The first-order valence-corrected chi connectivity index (χ1v) is 11.1. The normalized spacial score (nSPS) is 23.7. The highest BCUT2D eigenvalue weighted by Crippen LogP contribution is 2.42. The lowest BCUT2D eigenvalue weighted by Crippen LogP contribution is -2.62. The molecule has 0 aliphatic heterocycles. The third-order valence-electron chi connectivity index (χ3n) is 5.44. The van der Waals surface area contributed by atoms with Gasteiger partial charge in [-0.05, 0) is 31.0 Å². The zero-order chi connectivity index (χ0) is 22.4. The molecule has 0 fully saturated rings. The number of hydrogen-bond donors (Lipinski definition) is 0. The van der Waals surface area contributed by atoms with Gasteiger partial charge in [-0.2, -0.15) is 0 Å². The van der Waals surface area contributed by atoms with Gasteiger partial charge in [-0.3, -0.25) is 13.8 Å². The van der Waals surface area contributed by atoms with E-state index < -0.39 is 39.5 Å². The van der Waals surface area contributed by atoms with Crippen molar-refractivity contribution in [1.82, 2.24) is 0 Å². The summed E-state index contributed by atoms with van der Waals surface area (Å²) in [7, 11) is 0.706. The minimum atomic E-state index is -1.96. The Hall–Kier alpha value is -2.77. The Labute approximate surface area is 184 Å². The smallest absolute Gasteiger partial charge is 0.329 e. The van der Waals surface area contributed by atoms with Crippen molar-refractivity contribution < 1.29 is 28.0 Å². The number of aryl methyl sites for hydroxylation is 1. The van der Waals surface area contributed by atoms with E-state index in [0.29, 0.717) is 4.90 Å². The van der Waals surface area contributed by atoms with Crippen LogP contribution in [0.15, 0.2) is 71.6 Å². The number of rotatable bonds is 7. The van der Waals surface area contributed by atoms with Crippen LogP contribution in [-0.4, -0.2) is 41.2 Å². The predicted molar refractivity (Wildman–Crippen MR) is 117 cm³/mol. The van der Waals surface area contributed by atoms with E-state index in [2.05, 4.69) is 0 Å². The van der Waals surface area contributed by atoms with Gasteiger partial charge in [0.05, 0.1) is 23.8 Å². The van der Waals surface area contributed by atoms with Gasteiger partial charge in [0.25, 0.3) is 0 Å². The standard InChI is InChI=1S/C24H26O6S/c1-17-12-14-19(15-13-17)31(27)24(23(26)30-16-18-8-5-4-6-9-18)20(22(25)29-3)10-7-11-21(24)28-2/h4-9,11-15,20-21H,10,16H2,1-3H3/t20-,21-,24-,31-/m0/s1. The van der Waals surface area contributed by atoms with Crippen molar-refractivity contribution in [3.63, 3.8) is 0 Å². The lowest BCUT2D eigenvalue weighted by atomic mass is 9.79. The first-order valence-electron chi connectivity index (χ1n) is 9.92. The highest BCUT2D eigenvalue weighted by atomic mass is 32.2. The lowest BCUT2D eigenvalue weighted by Gasteiger charge is -2.41. The number of carbonyl (C=O) groups excluding carboxylic acids is 2. The van der Waals surface area contributed by atoms with E-state index >= 15 is 0 Å². The van der Waals surface area contributed by atoms with Crippen LogP contribution in [0.4, 0.5) is 0 Å². The summed E-state index contributed by atoms with van der Waals surface area (Å²) in [5.74, 6) is -2.43. The summed E-state index contributed by atoms with van der Waals surface area (Å²) in [6.45, 7) is 1.90. The Morgan fingerprint density at radius 3 is 2.35 bits per heavy atom. The molecule has 0 saturated carbocycles. The van der Waals surface area contributed by atoms with Crippen LogP contribution in [0.2, 0.25) is 0 Å². The number of benzene rings is 2. The minimum absolute atomic E-state index is 0.0133. The first kappa shape index (κ1) is 22.9. The molecule has 6 nitrogen and oxygen atoms in total. The molecule has 4 atom stereocenters. The fourth-order valence-electron chi connectivity index (χ4n) is 3.78. The SMILES string of the molecule is COC(=O)[C@@H]1CC=C[C@H](OC)[C@@]1(C(=O)OCc1ccccc1)[S@@](=O)c1ccc(C)cc1. The van der Waals surface area contributed by atoms with Gasteiger partial charge in [0.15, 0.2) is 4.75 Å². The first-order chi connectivity index (χ1) is 14.9. The zero-order valence-corrected chi connectivity index (χ0v) is 18.6. The number of methoxy groups -OCH3 is 2. The van der Waals surface area contributed by atoms with Crippen molar-refractivity contribution in [3.05, 3.63) is 77.9 Å². The molecule has 0 spiro atoms. The van der Waals surface area contributed by atoms with E-state index in [0.717, 1.165) is 11.1 Å². The maximum absolute atomic E-state index is 14.0. The molecule has 0 heterocycles. The van der Waals surface area contributed by atoms with E-state index in [1.54, 1.807) is 24.3 Å². The molecule has 1 aliphatic rings. The Kier molecular flexibility index (Phi) is 7.41. The molecule has 7 heteroatoms. The second-order valence-corrected chi connectivity index (χ2v) is 9.02. The zero-order valence-electron chi connectivity index (χ0n) is 17.8. The van der Waals surface area contributed by atoms with Crippen LogP contribution in [-0.2, 0) is 41.2 Å². The third kappa shape index (κ3) is 4.48. The summed E-state index contributed by atoms with van der Waals surface area (Å²) >= 11 is 0. The van der Waals surface area contributed by atoms with Gasteiger partial charge in [-0.25, -0.2) is 0 Å². The second kappa shape index (κ2) is 10.0. The van der Waals surface area contributed by atoms with Gasteiger partial charge >= 0.3 is 11.9 Å². The Morgan fingerprint density at radius 1 is 1.06 bits per heavy atom. The Morgan fingerprint density at radius 2 is 1.74 bits per heavy atom. The molecule has 0 radical (unpaired) electrons. The van der Waals surface area contributed by atoms with Gasteiger partial charge in [0.1, 0.15) is 12.7 Å². The molecule has 0 bridgehead atoms. The largest absolute Gasteiger partial charge is 0.469 e. The van der Waals surface area contributed by atoms with Crippen LogP contribution < -0.4 is 0 Å². The van der Waals surface area contributed by atoms with Crippen molar-refractivity contribution in [2.24, 2.45) is 5.92 Å². The highest BCUT2D eigenvalue weighted by Gasteiger charge is 2.62. The summed E-state index contributed by atoms with van der Waals surface area (Å²) in [6, 6.07) is 16.2. The molecule has 0 aromatic heterocycles. The summed E-state index contributed by atoms with van der Waals surface area (Å²) in [5, 5.41) is 0. The van der Waals surface area contributed by atoms with Crippen LogP contribution >= 0.6 is 0 Å². The molecule has 0 N–H and O–H groups in total. The fraction of sp³-hybridized carbons (Fsp3) is 0.333. The highest BCUT2D eigenvalue weighted by molar-refractivity contribution is 7.87. The van der Waals surface area contributed by atoms with Gasteiger partial charge in [0, 0.05) is 12.0 Å². The average molecular weight is 443 g/mol. The van der Waals surface area contributed by atoms with Crippen molar-refractivity contribution in [3.8, 4) is 0 Å². The molecule has 31 heavy (non-hydrogen) atoms. The summed E-state index contributed by atoms with van der Waals surface area (Å²) in [5.41, 5.74) is 1.76. The van der Waals surface area contributed by atoms with E-state index in [1.165, 1.54) is 14.2 Å².